The van der Waals surface area contributed by atoms with Crippen LogP contribution in [0.4, 0.5) is 11.4 Å². The SMILES string of the molecule is CCc1ccc(NC(=O)c2ccc(S(=O)(=O)NC3CCS(=O)(=O)C3)cc2)cc1[N+](=O)[O-]. The number of hydrogen-bond donors (Lipinski definition) is 2. The van der Waals surface area contributed by atoms with Gasteiger partial charge < -0.3 is 5.32 Å². The molecular formula is C19H21N3O7S2. The summed E-state index contributed by atoms with van der Waals surface area (Å²) in [6.45, 7) is 1.79. The lowest BCUT2D eigenvalue weighted by Crippen LogP contribution is -2.35. The highest BCUT2D eigenvalue weighted by Gasteiger charge is 2.31. The van der Waals surface area contributed by atoms with Crippen LogP contribution in [0, 0.1) is 10.1 Å². The van der Waals surface area contributed by atoms with Crippen LogP contribution in [-0.4, -0.2) is 45.2 Å². The quantitative estimate of drug-likeness (QED) is 0.466. The molecule has 0 bridgehead atoms. The van der Waals surface area contributed by atoms with Crippen molar-refractivity contribution in [3.63, 3.8) is 0 Å². The summed E-state index contributed by atoms with van der Waals surface area (Å²) in [5.74, 6) is -0.857. The molecule has 0 aliphatic carbocycles. The number of nitro groups is 1. The van der Waals surface area contributed by atoms with Crippen molar-refractivity contribution in [2.24, 2.45) is 0 Å². The Morgan fingerprint density at radius 3 is 2.42 bits per heavy atom. The second-order valence-electron chi connectivity index (χ2n) is 7.15. The Hall–Kier alpha value is -2.83. The summed E-state index contributed by atoms with van der Waals surface area (Å²) in [7, 11) is -7.17. The zero-order valence-electron chi connectivity index (χ0n) is 16.6. The first-order chi connectivity index (χ1) is 14.5. The first-order valence-corrected chi connectivity index (χ1v) is 12.7. The predicted octanol–water partition coefficient (Wildman–Crippen LogP) is 1.87. The molecule has 0 aromatic heterocycles. The van der Waals surface area contributed by atoms with Crippen LogP contribution in [0.15, 0.2) is 47.4 Å². The molecule has 3 rings (SSSR count). The van der Waals surface area contributed by atoms with Crippen molar-refractivity contribution in [1.29, 1.82) is 0 Å². The largest absolute Gasteiger partial charge is 0.322 e. The molecule has 2 aromatic carbocycles. The second kappa shape index (κ2) is 8.73. The van der Waals surface area contributed by atoms with E-state index in [0.717, 1.165) is 0 Å². The minimum absolute atomic E-state index is 0.0588. The normalized spacial score (nSPS) is 17.9. The van der Waals surface area contributed by atoms with Gasteiger partial charge in [0.2, 0.25) is 10.0 Å². The van der Waals surface area contributed by atoms with E-state index in [1.807, 2.05) is 0 Å². The maximum Gasteiger partial charge on any atom is 0.274 e. The van der Waals surface area contributed by atoms with Crippen LogP contribution in [-0.2, 0) is 26.3 Å². The molecule has 1 amide bonds. The zero-order valence-corrected chi connectivity index (χ0v) is 18.2. The van der Waals surface area contributed by atoms with Crippen molar-refractivity contribution < 1.29 is 26.6 Å². The van der Waals surface area contributed by atoms with Crippen LogP contribution in [0.25, 0.3) is 0 Å². The number of nitrogens with one attached hydrogen (secondary N) is 2. The molecule has 2 aromatic rings. The highest BCUT2D eigenvalue weighted by Crippen LogP contribution is 2.24. The van der Waals surface area contributed by atoms with E-state index in [9.17, 15) is 31.7 Å². The molecule has 1 aliphatic heterocycles. The molecular weight excluding hydrogens is 446 g/mol. The first kappa shape index (κ1) is 22.8. The summed E-state index contributed by atoms with van der Waals surface area (Å²) in [4.78, 5) is 23.0. The molecule has 31 heavy (non-hydrogen) atoms. The zero-order chi connectivity index (χ0) is 22.8. The number of sulfone groups is 1. The van der Waals surface area contributed by atoms with Crippen molar-refractivity contribution in [2.45, 2.75) is 30.7 Å². The number of nitro benzene ring substituents is 1. The van der Waals surface area contributed by atoms with E-state index < -0.39 is 36.7 Å². The van der Waals surface area contributed by atoms with Gasteiger partial charge in [-0.25, -0.2) is 21.6 Å². The minimum atomic E-state index is -3.94. The Balaban J connectivity index is 1.72. The van der Waals surface area contributed by atoms with Crippen LogP contribution in [0.3, 0.4) is 0 Å². The topological polar surface area (TPSA) is 153 Å². The van der Waals surface area contributed by atoms with Gasteiger partial charge in [0.15, 0.2) is 9.84 Å². The van der Waals surface area contributed by atoms with Crippen LogP contribution >= 0.6 is 0 Å². The molecule has 10 nitrogen and oxygen atoms in total. The van der Waals surface area contributed by atoms with E-state index in [1.54, 1.807) is 19.1 Å². The number of anilines is 1. The fourth-order valence-electron chi connectivity index (χ4n) is 3.27. The Kier molecular flexibility index (Phi) is 6.43. The lowest BCUT2D eigenvalue weighted by Gasteiger charge is -2.12. The molecule has 1 aliphatic rings. The van der Waals surface area contributed by atoms with Crippen molar-refractivity contribution in [3.05, 3.63) is 63.7 Å². The Labute approximate surface area is 179 Å². The average Bonchev–Trinajstić information content (AvgIpc) is 3.05. The van der Waals surface area contributed by atoms with E-state index >= 15 is 0 Å². The van der Waals surface area contributed by atoms with Gasteiger partial charge in [0.25, 0.3) is 11.6 Å². The van der Waals surface area contributed by atoms with Gasteiger partial charge in [0, 0.05) is 28.9 Å². The lowest BCUT2D eigenvalue weighted by atomic mass is 10.1. The van der Waals surface area contributed by atoms with Crippen LogP contribution in [0.1, 0.15) is 29.3 Å². The van der Waals surface area contributed by atoms with Crippen molar-refractivity contribution >= 4 is 37.1 Å². The van der Waals surface area contributed by atoms with Crippen molar-refractivity contribution in [1.82, 2.24) is 4.72 Å². The van der Waals surface area contributed by atoms with E-state index in [0.29, 0.717) is 12.0 Å². The Bertz CT molecular complexity index is 1220. The van der Waals surface area contributed by atoms with Crippen LogP contribution < -0.4 is 10.0 Å². The minimum Gasteiger partial charge on any atom is -0.322 e. The molecule has 0 radical (unpaired) electrons. The van der Waals surface area contributed by atoms with E-state index in [4.69, 9.17) is 0 Å². The number of carbonyl (C=O) groups is 1. The van der Waals surface area contributed by atoms with E-state index in [2.05, 4.69) is 10.0 Å². The highest BCUT2D eigenvalue weighted by molar-refractivity contribution is 7.92. The molecule has 166 valence electrons. The molecule has 1 heterocycles. The van der Waals surface area contributed by atoms with Gasteiger partial charge in [-0.05, 0) is 43.2 Å². The number of benzene rings is 2. The Morgan fingerprint density at radius 2 is 1.87 bits per heavy atom. The monoisotopic (exact) mass is 467 g/mol. The first-order valence-electron chi connectivity index (χ1n) is 9.42. The maximum atomic E-state index is 12.5. The van der Waals surface area contributed by atoms with Gasteiger partial charge >= 0.3 is 0 Å². The summed E-state index contributed by atoms with van der Waals surface area (Å²) in [6.07, 6.45) is 0.687. The predicted molar refractivity (Wildman–Crippen MR) is 114 cm³/mol. The summed E-state index contributed by atoms with van der Waals surface area (Å²) in [5, 5.41) is 13.7. The number of nitrogens with zero attached hydrogens (tertiary/aromatic N) is 1. The molecule has 1 fully saturated rings. The third-order valence-electron chi connectivity index (χ3n) is 4.90. The maximum absolute atomic E-state index is 12.5. The summed E-state index contributed by atoms with van der Waals surface area (Å²) < 4.78 is 50.3. The highest BCUT2D eigenvalue weighted by atomic mass is 32.2. The number of hydrogen-bond acceptors (Lipinski definition) is 7. The van der Waals surface area contributed by atoms with Gasteiger partial charge in [-0.2, -0.15) is 0 Å². The summed E-state index contributed by atoms with van der Waals surface area (Å²) >= 11 is 0. The smallest absolute Gasteiger partial charge is 0.274 e. The van der Waals surface area contributed by atoms with Gasteiger partial charge in [-0.15, -0.1) is 0 Å². The number of rotatable bonds is 7. The average molecular weight is 468 g/mol. The fraction of sp³-hybridized carbons (Fsp3) is 0.316. The third kappa shape index (κ3) is 5.46. The number of carbonyl (C=O) groups excluding carboxylic acids is 1. The lowest BCUT2D eigenvalue weighted by molar-refractivity contribution is -0.385. The number of aryl methyl sites for hydroxylation is 1. The van der Waals surface area contributed by atoms with Crippen molar-refractivity contribution in [3.8, 4) is 0 Å². The van der Waals surface area contributed by atoms with E-state index in [-0.39, 0.29) is 39.8 Å². The van der Waals surface area contributed by atoms with Gasteiger partial charge in [-0.3, -0.25) is 14.9 Å². The number of sulfonamides is 1. The molecule has 0 saturated carbocycles. The third-order valence-corrected chi connectivity index (χ3v) is 8.21. The van der Waals surface area contributed by atoms with E-state index in [1.165, 1.54) is 30.3 Å². The Morgan fingerprint density at radius 1 is 1.19 bits per heavy atom. The van der Waals surface area contributed by atoms with Gasteiger partial charge in [-0.1, -0.05) is 13.0 Å². The van der Waals surface area contributed by atoms with Gasteiger partial charge in [0.1, 0.15) is 0 Å². The second-order valence-corrected chi connectivity index (χ2v) is 11.1. The summed E-state index contributed by atoms with van der Waals surface area (Å²) in [5.41, 5.74) is 0.848. The standard InChI is InChI=1S/C19H21N3O7S2/c1-2-13-3-6-15(11-18(13)22(24)25)20-19(23)14-4-7-17(8-5-14)31(28,29)21-16-9-10-30(26,27)12-16/h3-8,11,16,21H,2,9-10,12H2,1H3,(H,20,23). The molecule has 2 N–H and O–H groups in total. The van der Waals surface area contributed by atoms with Crippen LogP contribution in [0.2, 0.25) is 0 Å². The molecule has 1 saturated heterocycles. The summed E-state index contributed by atoms with van der Waals surface area (Å²) in [6, 6.07) is 8.82. The molecule has 0 spiro atoms. The molecule has 1 atom stereocenters. The molecule has 1 unspecified atom stereocenters. The van der Waals surface area contributed by atoms with Crippen LogP contribution in [0.5, 0.6) is 0 Å². The fourth-order valence-corrected chi connectivity index (χ4v) is 6.32. The van der Waals surface area contributed by atoms with Gasteiger partial charge in [0.05, 0.1) is 21.3 Å². The van der Waals surface area contributed by atoms with Crippen molar-refractivity contribution in [2.75, 3.05) is 16.8 Å². The molecule has 12 heteroatoms. The number of amides is 1.